The van der Waals surface area contributed by atoms with Gasteiger partial charge in [-0.05, 0) is 25.1 Å². The fourth-order valence-corrected chi connectivity index (χ4v) is 1.26. The molecule has 4 N–H and O–H groups in total. The molecule has 0 aromatic heterocycles. The van der Waals surface area contributed by atoms with E-state index in [2.05, 4.69) is 10.6 Å². The third-order valence-corrected chi connectivity index (χ3v) is 2.12. The van der Waals surface area contributed by atoms with E-state index in [0.717, 1.165) is 6.07 Å². The highest BCUT2D eigenvalue weighted by Crippen LogP contribution is 2.08. The SMILES string of the molecule is C[C@@H](O)[C@H](NC(=O)Nc1cccc(F)c1)C(=O)O. The molecule has 0 fully saturated rings. The molecular weight excluding hydrogens is 243 g/mol. The van der Waals surface area contributed by atoms with Gasteiger partial charge in [0.2, 0.25) is 0 Å². The minimum atomic E-state index is -1.43. The van der Waals surface area contributed by atoms with Crippen molar-refractivity contribution in [1.82, 2.24) is 5.32 Å². The lowest BCUT2D eigenvalue weighted by Gasteiger charge is -2.17. The predicted octanol–water partition coefficient (Wildman–Crippen LogP) is 0.781. The highest BCUT2D eigenvalue weighted by Gasteiger charge is 2.24. The molecule has 98 valence electrons. The number of hydrogen-bond donors (Lipinski definition) is 4. The zero-order valence-electron chi connectivity index (χ0n) is 9.55. The maximum absolute atomic E-state index is 12.8. The molecule has 0 saturated heterocycles. The molecule has 2 atom stereocenters. The van der Waals surface area contributed by atoms with Gasteiger partial charge in [-0.1, -0.05) is 6.07 Å². The molecule has 1 rings (SSSR count). The number of carboxylic acid groups (broad SMARTS) is 1. The molecule has 18 heavy (non-hydrogen) atoms. The lowest BCUT2D eigenvalue weighted by molar-refractivity contribution is -0.141. The fraction of sp³-hybridized carbons (Fsp3) is 0.273. The van der Waals surface area contributed by atoms with Crippen LogP contribution in [0, 0.1) is 5.82 Å². The third-order valence-electron chi connectivity index (χ3n) is 2.12. The van der Waals surface area contributed by atoms with Crippen LogP contribution in [0.25, 0.3) is 0 Å². The Morgan fingerprint density at radius 1 is 1.39 bits per heavy atom. The highest BCUT2D eigenvalue weighted by atomic mass is 19.1. The van der Waals surface area contributed by atoms with Crippen LogP contribution in [-0.2, 0) is 4.79 Å². The molecule has 1 aromatic carbocycles. The van der Waals surface area contributed by atoms with Gasteiger partial charge in [-0.3, -0.25) is 0 Å². The predicted molar refractivity (Wildman–Crippen MR) is 61.7 cm³/mol. The summed E-state index contributed by atoms with van der Waals surface area (Å²) in [6.07, 6.45) is -1.25. The quantitative estimate of drug-likeness (QED) is 0.639. The second-order valence-electron chi connectivity index (χ2n) is 3.67. The van der Waals surface area contributed by atoms with E-state index in [-0.39, 0.29) is 5.69 Å². The summed E-state index contributed by atoms with van der Waals surface area (Å²) in [6.45, 7) is 1.24. The molecule has 0 saturated carbocycles. The first-order chi connectivity index (χ1) is 8.40. The zero-order valence-corrected chi connectivity index (χ0v) is 9.55. The Labute approximate surface area is 102 Å². The Hall–Kier alpha value is -2.15. The molecule has 2 amide bonds. The molecule has 0 radical (unpaired) electrons. The van der Waals surface area contributed by atoms with Crippen molar-refractivity contribution < 1.29 is 24.2 Å². The Morgan fingerprint density at radius 2 is 2.06 bits per heavy atom. The number of nitrogens with one attached hydrogen (secondary N) is 2. The van der Waals surface area contributed by atoms with Crippen LogP contribution in [0.5, 0.6) is 0 Å². The second kappa shape index (κ2) is 5.97. The van der Waals surface area contributed by atoms with E-state index in [0.29, 0.717) is 0 Å². The summed E-state index contributed by atoms with van der Waals surface area (Å²) >= 11 is 0. The number of anilines is 1. The van der Waals surface area contributed by atoms with E-state index in [1.165, 1.54) is 25.1 Å². The van der Waals surface area contributed by atoms with Gasteiger partial charge in [0.1, 0.15) is 5.82 Å². The summed E-state index contributed by atoms with van der Waals surface area (Å²) in [5, 5.41) is 22.2. The number of benzene rings is 1. The number of aliphatic hydroxyl groups is 1. The van der Waals surface area contributed by atoms with Gasteiger partial charge >= 0.3 is 12.0 Å². The van der Waals surface area contributed by atoms with E-state index in [9.17, 15) is 14.0 Å². The Balaban J connectivity index is 2.63. The summed E-state index contributed by atoms with van der Waals surface area (Å²) in [5.41, 5.74) is 0.183. The van der Waals surface area contributed by atoms with Gasteiger partial charge in [0.25, 0.3) is 0 Å². The molecule has 7 heteroatoms. The maximum atomic E-state index is 12.8. The van der Waals surface area contributed by atoms with Gasteiger partial charge in [0.15, 0.2) is 6.04 Å². The monoisotopic (exact) mass is 256 g/mol. The number of hydrogen-bond acceptors (Lipinski definition) is 3. The number of carbonyl (C=O) groups excluding carboxylic acids is 1. The molecule has 0 unspecified atom stereocenters. The number of halogens is 1. The number of carboxylic acids is 1. The summed E-state index contributed by atoms with van der Waals surface area (Å²) in [4.78, 5) is 22.1. The Bertz CT molecular complexity index is 450. The molecular formula is C11H13FN2O4. The standard InChI is InChI=1S/C11H13FN2O4/c1-6(15)9(10(16)17)14-11(18)13-8-4-2-3-7(12)5-8/h2-6,9,15H,1H3,(H,16,17)(H2,13,14,18)/t6-,9+/m1/s1. The van der Waals surface area contributed by atoms with Crippen molar-refractivity contribution in [3.8, 4) is 0 Å². The Kier molecular flexibility index (Phi) is 4.61. The van der Waals surface area contributed by atoms with Gasteiger partial charge in [0.05, 0.1) is 6.10 Å². The van der Waals surface area contributed by atoms with Crippen LogP contribution in [-0.4, -0.2) is 34.4 Å². The van der Waals surface area contributed by atoms with Gasteiger partial charge in [-0.2, -0.15) is 0 Å². The molecule has 0 heterocycles. The summed E-state index contributed by atoms with van der Waals surface area (Å²) in [7, 11) is 0. The first-order valence-corrected chi connectivity index (χ1v) is 5.14. The average molecular weight is 256 g/mol. The van der Waals surface area contributed by atoms with E-state index >= 15 is 0 Å². The van der Waals surface area contributed by atoms with Crippen LogP contribution in [0.3, 0.4) is 0 Å². The van der Waals surface area contributed by atoms with Crippen molar-refractivity contribution in [2.45, 2.75) is 19.1 Å². The lowest BCUT2D eigenvalue weighted by Crippen LogP contribution is -2.49. The van der Waals surface area contributed by atoms with Crippen molar-refractivity contribution in [3.63, 3.8) is 0 Å². The summed E-state index contributed by atoms with van der Waals surface area (Å²) in [6, 6.07) is 2.86. The number of rotatable bonds is 4. The van der Waals surface area contributed by atoms with Crippen molar-refractivity contribution >= 4 is 17.7 Å². The van der Waals surface area contributed by atoms with E-state index in [4.69, 9.17) is 10.2 Å². The van der Waals surface area contributed by atoms with Crippen LogP contribution in [0.4, 0.5) is 14.9 Å². The van der Waals surface area contributed by atoms with Crippen molar-refractivity contribution in [2.75, 3.05) is 5.32 Å². The fourth-order valence-electron chi connectivity index (χ4n) is 1.26. The highest BCUT2D eigenvalue weighted by molar-refractivity contribution is 5.92. The largest absolute Gasteiger partial charge is 0.480 e. The normalized spacial score (nSPS) is 13.5. The maximum Gasteiger partial charge on any atom is 0.328 e. The van der Waals surface area contributed by atoms with E-state index in [1.807, 2.05) is 0 Å². The zero-order chi connectivity index (χ0) is 13.7. The van der Waals surface area contributed by atoms with Gasteiger partial charge in [-0.25, -0.2) is 14.0 Å². The first kappa shape index (κ1) is 13.9. The minimum absolute atomic E-state index is 0.183. The number of aliphatic hydroxyl groups excluding tert-OH is 1. The van der Waals surface area contributed by atoms with Gasteiger partial charge in [0, 0.05) is 5.69 Å². The molecule has 0 aliphatic carbocycles. The minimum Gasteiger partial charge on any atom is -0.480 e. The molecule has 0 bridgehead atoms. The van der Waals surface area contributed by atoms with E-state index in [1.54, 1.807) is 0 Å². The number of carbonyl (C=O) groups is 2. The van der Waals surface area contributed by atoms with Crippen LogP contribution in [0.2, 0.25) is 0 Å². The van der Waals surface area contributed by atoms with Crippen LogP contribution >= 0.6 is 0 Å². The van der Waals surface area contributed by atoms with E-state index < -0.39 is 30.0 Å². The third kappa shape index (κ3) is 4.02. The van der Waals surface area contributed by atoms with Crippen molar-refractivity contribution in [2.24, 2.45) is 0 Å². The Morgan fingerprint density at radius 3 is 2.56 bits per heavy atom. The molecule has 0 aliphatic heterocycles. The van der Waals surface area contributed by atoms with Crippen molar-refractivity contribution in [3.05, 3.63) is 30.1 Å². The van der Waals surface area contributed by atoms with Crippen LogP contribution in [0.1, 0.15) is 6.92 Å². The lowest BCUT2D eigenvalue weighted by atomic mass is 10.2. The topological polar surface area (TPSA) is 98.7 Å². The van der Waals surface area contributed by atoms with Gasteiger partial charge in [-0.15, -0.1) is 0 Å². The molecule has 6 nitrogen and oxygen atoms in total. The summed E-state index contributed by atoms with van der Waals surface area (Å²) < 4.78 is 12.8. The van der Waals surface area contributed by atoms with Crippen molar-refractivity contribution in [1.29, 1.82) is 0 Å². The van der Waals surface area contributed by atoms with Gasteiger partial charge < -0.3 is 20.8 Å². The molecule has 0 aliphatic rings. The number of aliphatic carboxylic acids is 1. The molecule has 1 aromatic rings. The average Bonchev–Trinajstić information content (AvgIpc) is 2.25. The number of amides is 2. The van der Waals surface area contributed by atoms with Crippen LogP contribution in [0.15, 0.2) is 24.3 Å². The molecule has 0 spiro atoms. The number of urea groups is 1. The second-order valence-corrected chi connectivity index (χ2v) is 3.67. The van der Waals surface area contributed by atoms with Crippen LogP contribution < -0.4 is 10.6 Å². The smallest absolute Gasteiger partial charge is 0.328 e. The first-order valence-electron chi connectivity index (χ1n) is 5.14. The summed E-state index contributed by atoms with van der Waals surface area (Å²) in [5.74, 6) is -1.89.